The van der Waals surface area contributed by atoms with Crippen LogP contribution in [0.2, 0.25) is 0 Å². The molecule has 27 heavy (non-hydrogen) atoms. The molecule has 1 fully saturated rings. The van der Waals surface area contributed by atoms with Crippen LogP contribution in [-0.2, 0) is 5.41 Å². The molecule has 3 rings (SSSR count). The number of benzene rings is 1. The summed E-state index contributed by atoms with van der Waals surface area (Å²) in [5.41, 5.74) is 4.19. The topological polar surface area (TPSA) is 6.48 Å². The minimum absolute atomic E-state index is 0.0954. The molecule has 1 aliphatic carbocycles. The highest BCUT2D eigenvalue weighted by Gasteiger charge is 2.43. The first-order valence-corrected chi connectivity index (χ1v) is 10.5. The average molecular weight is 373 g/mol. The molecule has 3 heteroatoms. The molecule has 1 atom stereocenters. The van der Waals surface area contributed by atoms with Crippen LogP contribution >= 0.6 is 0 Å². The molecule has 1 saturated heterocycles. The number of allylic oxidation sites excluding steroid dienone is 1. The van der Waals surface area contributed by atoms with E-state index < -0.39 is 0 Å². The van der Waals surface area contributed by atoms with Crippen molar-refractivity contribution in [3.05, 3.63) is 47.4 Å². The molecule has 150 valence electrons. The van der Waals surface area contributed by atoms with E-state index in [1.54, 1.807) is 6.07 Å². The predicted molar refractivity (Wildman–Crippen MR) is 112 cm³/mol. The van der Waals surface area contributed by atoms with E-state index in [-0.39, 0.29) is 11.2 Å². The van der Waals surface area contributed by atoms with Gasteiger partial charge in [0.15, 0.2) is 0 Å². The van der Waals surface area contributed by atoms with Crippen molar-refractivity contribution in [1.82, 2.24) is 9.80 Å². The van der Waals surface area contributed by atoms with Gasteiger partial charge in [0.2, 0.25) is 0 Å². The minimum Gasteiger partial charge on any atom is -0.372 e. The van der Waals surface area contributed by atoms with Crippen LogP contribution in [0.3, 0.4) is 0 Å². The van der Waals surface area contributed by atoms with Gasteiger partial charge in [-0.1, -0.05) is 33.4 Å². The number of piperidine rings is 1. The largest absolute Gasteiger partial charge is 0.372 e. The third-order valence-corrected chi connectivity index (χ3v) is 6.90. The van der Waals surface area contributed by atoms with Crippen molar-refractivity contribution in [2.24, 2.45) is 5.41 Å². The van der Waals surface area contributed by atoms with Crippen molar-refractivity contribution >= 4 is 0 Å². The molecule has 2 aliphatic rings. The molecule has 0 radical (unpaired) electrons. The van der Waals surface area contributed by atoms with Gasteiger partial charge in [0.05, 0.1) is 6.04 Å². The summed E-state index contributed by atoms with van der Waals surface area (Å²) in [4.78, 5) is 4.88. The summed E-state index contributed by atoms with van der Waals surface area (Å²) in [6, 6.07) is 5.82. The molecule has 0 saturated carbocycles. The summed E-state index contributed by atoms with van der Waals surface area (Å²) in [5.74, 6) is -0.0954. The standard InChI is InChI=1S/C24H37FN2/c1-18(2)26(6)22-9-10-24(21-17-19(25)7-8-20(21)22)12-15-27(16-13-24)14-11-23(3,4)5/h7-8,17,22H,1,9-16H2,2-6H3. The van der Waals surface area contributed by atoms with Gasteiger partial charge < -0.3 is 9.80 Å². The lowest BCUT2D eigenvalue weighted by Crippen LogP contribution is -2.46. The van der Waals surface area contributed by atoms with E-state index in [1.807, 2.05) is 12.1 Å². The van der Waals surface area contributed by atoms with E-state index in [9.17, 15) is 4.39 Å². The SMILES string of the molecule is C=C(C)N(C)C1CCC2(CCN(CCC(C)(C)C)CC2)c2cc(F)ccc21. The molecule has 1 aromatic rings. The van der Waals surface area contributed by atoms with Gasteiger partial charge in [0.1, 0.15) is 5.82 Å². The number of rotatable bonds is 4. The zero-order valence-electron chi connectivity index (χ0n) is 17.9. The molecule has 1 unspecified atom stereocenters. The lowest BCUT2D eigenvalue weighted by molar-refractivity contribution is 0.118. The Morgan fingerprint density at radius 2 is 1.93 bits per heavy atom. The van der Waals surface area contributed by atoms with Gasteiger partial charge in [0, 0.05) is 12.7 Å². The molecule has 0 amide bonds. The third kappa shape index (κ3) is 4.39. The maximum Gasteiger partial charge on any atom is 0.123 e. The van der Waals surface area contributed by atoms with E-state index in [0.717, 1.165) is 44.5 Å². The van der Waals surface area contributed by atoms with Crippen LogP contribution in [0, 0.1) is 11.2 Å². The molecule has 1 spiro atoms. The Morgan fingerprint density at radius 3 is 2.52 bits per heavy atom. The highest BCUT2D eigenvalue weighted by atomic mass is 19.1. The van der Waals surface area contributed by atoms with Crippen LogP contribution in [0.4, 0.5) is 4.39 Å². The Morgan fingerprint density at radius 1 is 1.26 bits per heavy atom. The quantitative estimate of drug-likeness (QED) is 0.649. The smallest absolute Gasteiger partial charge is 0.123 e. The Bertz CT molecular complexity index is 680. The lowest BCUT2D eigenvalue weighted by atomic mass is 9.63. The zero-order chi connectivity index (χ0) is 19.8. The van der Waals surface area contributed by atoms with Crippen molar-refractivity contribution in [3.63, 3.8) is 0 Å². The second-order valence-electron chi connectivity index (χ2n) is 10.1. The van der Waals surface area contributed by atoms with Crippen LogP contribution in [0.15, 0.2) is 30.5 Å². The Hall–Kier alpha value is -1.35. The van der Waals surface area contributed by atoms with Gasteiger partial charge >= 0.3 is 0 Å². The summed E-state index contributed by atoms with van der Waals surface area (Å²) in [6.45, 7) is 16.6. The second kappa shape index (κ2) is 7.58. The molecule has 0 aromatic heterocycles. The van der Waals surface area contributed by atoms with E-state index >= 15 is 0 Å². The molecule has 2 nitrogen and oxygen atoms in total. The van der Waals surface area contributed by atoms with Crippen molar-refractivity contribution < 1.29 is 4.39 Å². The van der Waals surface area contributed by atoms with Gasteiger partial charge in [-0.15, -0.1) is 0 Å². The summed E-state index contributed by atoms with van der Waals surface area (Å²) >= 11 is 0. The number of likely N-dealkylation sites (tertiary alicyclic amines) is 1. The Balaban J connectivity index is 1.80. The summed E-state index contributed by atoms with van der Waals surface area (Å²) in [6.07, 6.45) is 5.81. The average Bonchev–Trinajstić information content (AvgIpc) is 2.61. The van der Waals surface area contributed by atoms with Crippen LogP contribution < -0.4 is 0 Å². The highest BCUT2D eigenvalue weighted by Crippen LogP contribution is 2.50. The lowest BCUT2D eigenvalue weighted by Gasteiger charge is -2.49. The second-order valence-corrected chi connectivity index (χ2v) is 10.1. The molecule has 0 bridgehead atoms. The fraction of sp³-hybridized carbons (Fsp3) is 0.667. The van der Waals surface area contributed by atoms with Gasteiger partial charge in [-0.25, -0.2) is 4.39 Å². The summed E-state index contributed by atoms with van der Waals surface area (Å²) in [7, 11) is 2.12. The van der Waals surface area contributed by atoms with E-state index in [0.29, 0.717) is 11.5 Å². The van der Waals surface area contributed by atoms with Crippen LogP contribution in [0.5, 0.6) is 0 Å². The van der Waals surface area contributed by atoms with E-state index in [1.165, 1.54) is 24.1 Å². The third-order valence-electron chi connectivity index (χ3n) is 6.90. The Kier molecular flexibility index (Phi) is 5.72. The minimum atomic E-state index is -0.0954. The van der Waals surface area contributed by atoms with Gasteiger partial charge in [0.25, 0.3) is 0 Å². The molecule has 1 heterocycles. The van der Waals surface area contributed by atoms with Crippen molar-refractivity contribution in [1.29, 1.82) is 0 Å². The van der Waals surface area contributed by atoms with Crippen molar-refractivity contribution in [3.8, 4) is 0 Å². The highest BCUT2D eigenvalue weighted by molar-refractivity contribution is 5.40. The first kappa shape index (κ1) is 20.4. The fourth-order valence-corrected chi connectivity index (χ4v) is 4.87. The fourth-order valence-electron chi connectivity index (χ4n) is 4.87. The van der Waals surface area contributed by atoms with Crippen molar-refractivity contribution in [2.45, 2.75) is 71.3 Å². The maximum atomic E-state index is 14.2. The first-order valence-electron chi connectivity index (χ1n) is 10.5. The van der Waals surface area contributed by atoms with Crippen LogP contribution in [-0.4, -0.2) is 36.5 Å². The number of fused-ring (bicyclic) bond motifs is 2. The van der Waals surface area contributed by atoms with Gasteiger partial charge in [-0.05, 0) is 92.8 Å². The summed E-state index contributed by atoms with van der Waals surface area (Å²) in [5, 5.41) is 0. The molecule has 0 N–H and O–H groups in total. The molecule has 1 aromatic carbocycles. The molecular weight excluding hydrogens is 335 g/mol. The monoisotopic (exact) mass is 372 g/mol. The number of hydrogen-bond acceptors (Lipinski definition) is 2. The van der Waals surface area contributed by atoms with E-state index in [4.69, 9.17) is 0 Å². The summed E-state index contributed by atoms with van der Waals surface area (Å²) < 4.78 is 14.2. The normalized spacial score (nSPS) is 22.5. The number of hydrogen-bond donors (Lipinski definition) is 0. The van der Waals surface area contributed by atoms with Gasteiger partial charge in [-0.2, -0.15) is 0 Å². The van der Waals surface area contributed by atoms with E-state index in [2.05, 4.69) is 51.1 Å². The van der Waals surface area contributed by atoms with Crippen LogP contribution in [0.25, 0.3) is 0 Å². The van der Waals surface area contributed by atoms with Crippen molar-refractivity contribution in [2.75, 3.05) is 26.7 Å². The van der Waals surface area contributed by atoms with Gasteiger partial charge in [-0.3, -0.25) is 0 Å². The molecular formula is C24H37FN2. The number of nitrogens with zero attached hydrogens (tertiary/aromatic N) is 2. The molecule has 1 aliphatic heterocycles. The predicted octanol–water partition coefficient (Wildman–Crippen LogP) is 5.90. The number of halogens is 1. The zero-order valence-corrected chi connectivity index (χ0v) is 17.9. The first-order chi connectivity index (χ1) is 12.6. The maximum absolute atomic E-state index is 14.2. The van der Waals surface area contributed by atoms with Crippen LogP contribution in [0.1, 0.15) is 77.0 Å². The Labute approximate surface area is 165 Å².